The van der Waals surface area contributed by atoms with Gasteiger partial charge in [-0.1, -0.05) is 35.7 Å². The van der Waals surface area contributed by atoms with Crippen molar-refractivity contribution in [1.29, 1.82) is 0 Å². The van der Waals surface area contributed by atoms with Crippen molar-refractivity contribution < 1.29 is 9.53 Å². The summed E-state index contributed by atoms with van der Waals surface area (Å²) in [5.74, 6) is 1.26. The fourth-order valence-electron chi connectivity index (χ4n) is 1.11. The summed E-state index contributed by atoms with van der Waals surface area (Å²) in [6, 6.07) is 0. The standard InChI is InChI=1S/C10H12Br2O2S/c1-2-3-4-5-15-9-8(12)7(6-11)14-10(9)13/h6H,2-5H2,1H3/b7-6-. The minimum absolute atomic E-state index is 0.255. The number of esters is 1. The van der Waals surface area contributed by atoms with E-state index in [4.69, 9.17) is 4.74 Å². The van der Waals surface area contributed by atoms with Crippen molar-refractivity contribution >= 4 is 49.6 Å². The van der Waals surface area contributed by atoms with Crippen LogP contribution in [0.15, 0.2) is 20.1 Å². The van der Waals surface area contributed by atoms with Gasteiger partial charge in [0, 0.05) is 4.99 Å². The largest absolute Gasteiger partial charge is 0.421 e. The van der Waals surface area contributed by atoms with E-state index in [1.807, 2.05) is 0 Å². The van der Waals surface area contributed by atoms with E-state index in [9.17, 15) is 4.79 Å². The van der Waals surface area contributed by atoms with Gasteiger partial charge in [0.15, 0.2) is 5.76 Å². The zero-order valence-corrected chi connectivity index (χ0v) is 12.4. The Morgan fingerprint density at radius 3 is 2.73 bits per heavy atom. The Morgan fingerprint density at radius 1 is 1.47 bits per heavy atom. The first-order valence-electron chi connectivity index (χ1n) is 4.76. The van der Waals surface area contributed by atoms with E-state index in [0.717, 1.165) is 16.7 Å². The number of halogens is 2. The van der Waals surface area contributed by atoms with Crippen LogP contribution in [0.3, 0.4) is 0 Å². The Morgan fingerprint density at radius 2 is 2.20 bits per heavy atom. The molecular weight excluding hydrogens is 344 g/mol. The lowest BCUT2D eigenvalue weighted by molar-refractivity contribution is -0.132. The van der Waals surface area contributed by atoms with Gasteiger partial charge in [-0.05, 0) is 28.1 Å². The molecule has 0 saturated heterocycles. The zero-order valence-electron chi connectivity index (χ0n) is 8.39. The molecule has 1 aliphatic heterocycles. The van der Waals surface area contributed by atoms with Crippen LogP contribution in [0.1, 0.15) is 26.2 Å². The van der Waals surface area contributed by atoms with Crippen LogP contribution < -0.4 is 0 Å². The number of carbonyl (C=O) groups excluding carboxylic acids is 1. The second kappa shape index (κ2) is 6.76. The van der Waals surface area contributed by atoms with Crippen molar-refractivity contribution in [1.82, 2.24) is 0 Å². The number of unbranched alkanes of at least 4 members (excludes halogenated alkanes) is 2. The first kappa shape index (κ1) is 13.3. The van der Waals surface area contributed by atoms with Crippen LogP contribution in [0.2, 0.25) is 0 Å². The van der Waals surface area contributed by atoms with Crippen molar-refractivity contribution in [2.24, 2.45) is 0 Å². The van der Waals surface area contributed by atoms with Crippen LogP contribution in [-0.4, -0.2) is 11.7 Å². The number of hydrogen-bond donors (Lipinski definition) is 0. The fraction of sp³-hybridized carbons (Fsp3) is 0.500. The molecule has 15 heavy (non-hydrogen) atoms. The molecule has 0 radical (unpaired) electrons. The van der Waals surface area contributed by atoms with Crippen molar-refractivity contribution in [3.8, 4) is 0 Å². The summed E-state index contributed by atoms with van der Waals surface area (Å²) in [4.78, 5) is 13.7. The molecular formula is C10H12Br2O2S. The van der Waals surface area contributed by atoms with Gasteiger partial charge in [-0.3, -0.25) is 0 Å². The number of allylic oxidation sites excluding steroid dienone is 1. The molecule has 0 amide bonds. The average Bonchev–Trinajstić information content (AvgIpc) is 2.50. The summed E-state index contributed by atoms with van der Waals surface area (Å²) in [5, 5.41) is 0. The predicted molar refractivity (Wildman–Crippen MR) is 71.0 cm³/mol. The minimum Gasteiger partial charge on any atom is -0.421 e. The SMILES string of the molecule is CCCCCSC1=C(Br)/C(=C/Br)OC1=O. The van der Waals surface area contributed by atoms with E-state index < -0.39 is 0 Å². The van der Waals surface area contributed by atoms with E-state index in [1.165, 1.54) is 12.8 Å². The molecule has 0 aromatic carbocycles. The van der Waals surface area contributed by atoms with Gasteiger partial charge in [0.05, 0.1) is 4.48 Å². The lowest BCUT2D eigenvalue weighted by Crippen LogP contribution is -1.96. The first-order chi connectivity index (χ1) is 7.20. The van der Waals surface area contributed by atoms with Gasteiger partial charge in [0.2, 0.25) is 0 Å². The lowest BCUT2D eigenvalue weighted by Gasteiger charge is -1.98. The third kappa shape index (κ3) is 3.64. The van der Waals surface area contributed by atoms with Gasteiger partial charge in [-0.2, -0.15) is 0 Å². The van der Waals surface area contributed by atoms with Crippen molar-refractivity contribution in [2.45, 2.75) is 26.2 Å². The maximum atomic E-state index is 11.4. The Kier molecular flexibility index (Phi) is 6.00. The Balaban J connectivity index is 2.52. The van der Waals surface area contributed by atoms with Gasteiger partial charge in [-0.25, -0.2) is 4.79 Å². The second-order valence-electron chi connectivity index (χ2n) is 3.06. The van der Waals surface area contributed by atoms with Gasteiger partial charge < -0.3 is 4.74 Å². The molecule has 0 unspecified atom stereocenters. The first-order valence-corrected chi connectivity index (χ1v) is 7.45. The van der Waals surface area contributed by atoms with E-state index in [-0.39, 0.29) is 5.97 Å². The third-order valence-corrected chi connectivity index (χ3v) is 4.51. The highest BCUT2D eigenvalue weighted by molar-refractivity contribution is 9.12. The Bertz CT molecular complexity index is 311. The summed E-state index contributed by atoms with van der Waals surface area (Å²) in [6.07, 6.45) is 3.53. The maximum absolute atomic E-state index is 11.4. The number of thioether (sulfide) groups is 1. The zero-order chi connectivity index (χ0) is 11.3. The molecule has 5 heteroatoms. The number of ether oxygens (including phenoxy) is 1. The molecule has 0 aromatic rings. The monoisotopic (exact) mass is 354 g/mol. The highest BCUT2D eigenvalue weighted by Crippen LogP contribution is 2.37. The Labute approximate surface area is 111 Å². The van der Waals surface area contributed by atoms with Crippen LogP contribution >= 0.6 is 43.6 Å². The van der Waals surface area contributed by atoms with E-state index in [1.54, 1.807) is 16.7 Å². The summed E-state index contributed by atoms with van der Waals surface area (Å²) < 4.78 is 5.78. The molecule has 84 valence electrons. The molecule has 0 fully saturated rings. The van der Waals surface area contributed by atoms with Crippen LogP contribution in [0, 0.1) is 0 Å². The van der Waals surface area contributed by atoms with Gasteiger partial charge >= 0.3 is 5.97 Å². The van der Waals surface area contributed by atoms with Crippen molar-refractivity contribution in [3.63, 3.8) is 0 Å². The highest BCUT2D eigenvalue weighted by atomic mass is 79.9. The summed E-state index contributed by atoms with van der Waals surface area (Å²) in [5.41, 5.74) is 0. The van der Waals surface area contributed by atoms with Crippen LogP contribution in [0.5, 0.6) is 0 Å². The number of carbonyl (C=O) groups is 1. The van der Waals surface area contributed by atoms with E-state index >= 15 is 0 Å². The summed E-state index contributed by atoms with van der Waals surface area (Å²) in [7, 11) is 0. The van der Waals surface area contributed by atoms with Crippen LogP contribution in [-0.2, 0) is 9.53 Å². The smallest absolute Gasteiger partial charge is 0.351 e. The van der Waals surface area contributed by atoms with Crippen LogP contribution in [0.25, 0.3) is 0 Å². The molecule has 1 aliphatic rings. The molecule has 0 atom stereocenters. The summed E-state index contributed by atoms with van der Waals surface area (Å²) in [6.45, 7) is 2.16. The van der Waals surface area contributed by atoms with Crippen LogP contribution in [0.4, 0.5) is 0 Å². The highest BCUT2D eigenvalue weighted by Gasteiger charge is 2.28. The van der Waals surface area contributed by atoms with Gasteiger partial charge in [0.1, 0.15) is 4.91 Å². The molecule has 0 saturated carbocycles. The third-order valence-electron chi connectivity index (χ3n) is 1.90. The molecule has 0 aromatic heterocycles. The maximum Gasteiger partial charge on any atom is 0.351 e. The number of cyclic esters (lactones) is 1. The van der Waals surface area contributed by atoms with E-state index in [0.29, 0.717) is 10.7 Å². The summed E-state index contributed by atoms with van der Waals surface area (Å²) >= 11 is 8.06. The van der Waals surface area contributed by atoms with E-state index in [2.05, 4.69) is 38.8 Å². The molecule has 0 spiro atoms. The Hall–Kier alpha value is 0.260. The minimum atomic E-state index is -0.255. The quantitative estimate of drug-likeness (QED) is 0.543. The second-order valence-corrected chi connectivity index (χ2v) is 5.42. The van der Waals surface area contributed by atoms with Gasteiger partial charge in [0.25, 0.3) is 0 Å². The topological polar surface area (TPSA) is 26.3 Å². The normalized spacial score (nSPS) is 18.9. The average molecular weight is 356 g/mol. The lowest BCUT2D eigenvalue weighted by atomic mass is 10.3. The molecule has 0 bridgehead atoms. The molecule has 2 nitrogen and oxygen atoms in total. The molecule has 1 heterocycles. The molecule has 0 N–H and O–H groups in total. The number of rotatable bonds is 5. The molecule has 0 aliphatic carbocycles. The predicted octanol–water partition coefficient (Wildman–Crippen LogP) is 4.31. The fourth-order valence-corrected chi connectivity index (χ4v) is 3.38. The number of hydrogen-bond acceptors (Lipinski definition) is 3. The van der Waals surface area contributed by atoms with Crippen molar-refractivity contribution in [3.05, 3.63) is 20.1 Å². The van der Waals surface area contributed by atoms with Gasteiger partial charge in [-0.15, -0.1) is 11.8 Å². The molecule has 1 rings (SSSR count). The van der Waals surface area contributed by atoms with Crippen molar-refractivity contribution in [2.75, 3.05) is 5.75 Å².